The van der Waals surface area contributed by atoms with Crippen molar-refractivity contribution in [3.8, 4) is 0 Å². The van der Waals surface area contributed by atoms with Crippen LogP contribution in [0.4, 0.5) is 11.5 Å². The van der Waals surface area contributed by atoms with Crippen molar-refractivity contribution in [2.45, 2.75) is 0 Å². The Morgan fingerprint density at radius 1 is 0.923 bits per heavy atom. The molecule has 0 aliphatic carbocycles. The minimum absolute atomic E-state index is 0.149. The Morgan fingerprint density at radius 3 is 2.42 bits per heavy atom. The largest absolute Gasteiger partial charge is 0.325 e. The summed E-state index contributed by atoms with van der Waals surface area (Å²) in [6.07, 6.45) is 1.46. The number of rotatable bonds is 6. The Hall–Kier alpha value is -2.57. The van der Waals surface area contributed by atoms with E-state index in [0.717, 1.165) is 16.5 Å². The number of carbonyl (C=O) groups excluding carboxylic acids is 2. The molecular formula is C19H16ClN3O2S. The molecule has 5 nitrogen and oxygen atoms in total. The molecule has 3 rings (SSSR count). The molecule has 0 unspecified atom stereocenters. The topological polar surface area (TPSA) is 71.1 Å². The predicted molar refractivity (Wildman–Crippen MR) is 108 cm³/mol. The van der Waals surface area contributed by atoms with Crippen LogP contribution < -0.4 is 10.6 Å². The summed E-state index contributed by atoms with van der Waals surface area (Å²) in [6, 6.07) is 16.9. The number of carbonyl (C=O) groups is 2. The third-order valence-corrected chi connectivity index (χ3v) is 4.68. The number of halogens is 1. The van der Waals surface area contributed by atoms with E-state index in [1.165, 1.54) is 18.0 Å². The van der Waals surface area contributed by atoms with Gasteiger partial charge in [-0.2, -0.15) is 0 Å². The Labute approximate surface area is 160 Å². The van der Waals surface area contributed by atoms with Gasteiger partial charge in [-0.1, -0.05) is 48.0 Å². The molecule has 0 spiro atoms. The van der Waals surface area contributed by atoms with Crippen molar-refractivity contribution in [1.82, 2.24) is 4.98 Å². The van der Waals surface area contributed by atoms with E-state index in [2.05, 4.69) is 15.6 Å². The van der Waals surface area contributed by atoms with E-state index in [1.807, 2.05) is 42.5 Å². The Bertz CT molecular complexity index is 926. The van der Waals surface area contributed by atoms with Crippen molar-refractivity contribution < 1.29 is 9.59 Å². The third kappa shape index (κ3) is 4.97. The minimum Gasteiger partial charge on any atom is -0.325 e. The number of fused-ring (bicyclic) bond motifs is 1. The second kappa shape index (κ2) is 8.69. The molecule has 2 aromatic carbocycles. The summed E-state index contributed by atoms with van der Waals surface area (Å²) in [4.78, 5) is 28.0. The lowest BCUT2D eigenvalue weighted by Crippen LogP contribution is -2.19. The maximum atomic E-state index is 12.1. The molecule has 3 aromatic rings. The van der Waals surface area contributed by atoms with Gasteiger partial charge in [-0.3, -0.25) is 9.59 Å². The van der Waals surface area contributed by atoms with Crippen LogP contribution in [0.3, 0.4) is 0 Å². The fourth-order valence-electron chi connectivity index (χ4n) is 2.39. The SMILES string of the molecule is O=C(CSCC(=O)Nc1cccc2ccccc12)Nc1ccc(Cl)cn1. The fraction of sp³-hybridized carbons (Fsp3) is 0.105. The number of anilines is 2. The Morgan fingerprint density at radius 2 is 1.65 bits per heavy atom. The first-order chi connectivity index (χ1) is 12.6. The zero-order valence-electron chi connectivity index (χ0n) is 13.7. The summed E-state index contributed by atoms with van der Waals surface area (Å²) in [5.74, 6) is 0.407. The van der Waals surface area contributed by atoms with Gasteiger partial charge in [-0.25, -0.2) is 4.98 Å². The number of benzene rings is 2. The lowest BCUT2D eigenvalue weighted by atomic mass is 10.1. The lowest BCUT2D eigenvalue weighted by Gasteiger charge is -2.09. The van der Waals surface area contributed by atoms with Gasteiger partial charge in [-0.15, -0.1) is 11.8 Å². The van der Waals surface area contributed by atoms with Crippen molar-refractivity contribution >= 4 is 57.5 Å². The summed E-state index contributed by atoms with van der Waals surface area (Å²) < 4.78 is 0. The van der Waals surface area contributed by atoms with Crippen LogP contribution in [0.15, 0.2) is 60.8 Å². The van der Waals surface area contributed by atoms with Gasteiger partial charge < -0.3 is 10.6 Å². The van der Waals surface area contributed by atoms with Gasteiger partial charge in [-0.05, 0) is 23.6 Å². The molecule has 7 heteroatoms. The molecule has 1 aromatic heterocycles. The molecule has 0 bridgehead atoms. The van der Waals surface area contributed by atoms with Crippen LogP contribution in [0.2, 0.25) is 5.02 Å². The van der Waals surface area contributed by atoms with Gasteiger partial charge in [0, 0.05) is 17.3 Å². The molecule has 0 saturated carbocycles. The van der Waals surface area contributed by atoms with Crippen LogP contribution >= 0.6 is 23.4 Å². The first-order valence-electron chi connectivity index (χ1n) is 7.88. The van der Waals surface area contributed by atoms with Crippen molar-refractivity contribution in [2.75, 3.05) is 22.1 Å². The van der Waals surface area contributed by atoms with Gasteiger partial charge in [0.15, 0.2) is 0 Å². The first-order valence-corrected chi connectivity index (χ1v) is 9.42. The van der Waals surface area contributed by atoms with E-state index < -0.39 is 0 Å². The number of thioether (sulfide) groups is 1. The van der Waals surface area contributed by atoms with Crippen molar-refractivity contribution in [1.29, 1.82) is 0 Å². The summed E-state index contributed by atoms with van der Waals surface area (Å²) in [5.41, 5.74) is 0.767. The molecule has 132 valence electrons. The zero-order valence-corrected chi connectivity index (χ0v) is 15.3. The molecule has 1 heterocycles. The third-order valence-electron chi connectivity index (χ3n) is 3.52. The van der Waals surface area contributed by atoms with E-state index in [0.29, 0.717) is 10.8 Å². The van der Waals surface area contributed by atoms with Crippen LogP contribution in [-0.2, 0) is 9.59 Å². The van der Waals surface area contributed by atoms with E-state index in [1.54, 1.807) is 12.1 Å². The number of hydrogen-bond acceptors (Lipinski definition) is 4. The minimum atomic E-state index is -0.220. The summed E-state index contributed by atoms with van der Waals surface area (Å²) in [7, 11) is 0. The average Bonchev–Trinajstić information content (AvgIpc) is 2.64. The molecule has 0 saturated heterocycles. The highest BCUT2D eigenvalue weighted by Crippen LogP contribution is 2.23. The van der Waals surface area contributed by atoms with E-state index >= 15 is 0 Å². The Balaban J connectivity index is 1.48. The second-order valence-corrected chi connectivity index (χ2v) is 6.90. The zero-order chi connectivity index (χ0) is 18.4. The van der Waals surface area contributed by atoms with Crippen LogP contribution in [0, 0.1) is 0 Å². The number of nitrogens with one attached hydrogen (secondary N) is 2. The number of pyridine rings is 1. The van der Waals surface area contributed by atoms with Crippen LogP contribution in [0.1, 0.15) is 0 Å². The quantitative estimate of drug-likeness (QED) is 0.667. The normalized spacial score (nSPS) is 10.5. The molecular weight excluding hydrogens is 370 g/mol. The predicted octanol–water partition coefficient (Wildman–Crippen LogP) is 4.20. The van der Waals surface area contributed by atoms with E-state index in [4.69, 9.17) is 11.6 Å². The standard InChI is InChI=1S/C19H16ClN3O2S/c20-14-8-9-17(21-10-14)23-19(25)12-26-11-18(24)22-16-7-3-5-13-4-1-2-6-15(13)16/h1-10H,11-12H2,(H,22,24)(H,21,23,25). The molecule has 2 amide bonds. The summed E-state index contributed by atoms with van der Waals surface area (Å²) in [6.45, 7) is 0. The van der Waals surface area contributed by atoms with E-state index in [9.17, 15) is 9.59 Å². The monoisotopic (exact) mass is 385 g/mol. The molecule has 0 aliphatic rings. The summed E-state index contributed by atoms with van der Waals surface area (Å²) in [5, 5.41) is 8.10. The highest BCUT2D eigenvalue weighted by atomic mass is 35.5. The molecule has 0 radical (unpaired) electrons. The molecule has 0 atom stereocenters. The molecule has 0 fully saturated rings. The number of amides is 2. The van der Waals surface area contributed by atoms with Gasteiger partial charge in [0.1, 0.15) is 5.82 Å². The fourth-order valence-corrected chi connectivity index (χ4v) is 3.11. The van der Waals surface area contributed by atoms with Gasteiger partial charge >= 0.3 is 0 Å². The van der Waals surface area contributed by atoms with Gasteiger partial charge in [0.2, 0.25) is 11.8 Å². The smallest absolute Gasteiger partial charge is 0.235 e. The Kier molecular flexibility index (Phi) is 6.09. The molecule has 0 aliphatic heterocycles. The van der Waals surface area contributed by atoms with Crippen molar-refractivity contribution in [3.05, 3.63) is 65.8 Å². The maximum absolute atomic E-state index is 12.1. The molecule has 2 N–H and O–H groups in total. The summed E-state index contributed by atoms with van der Waals surface area (Å²) >= 11 is 6.98. The number of hydrogen-bond donors (Lipinski definition) is 2. The highest BCUT2D eigenvalue weighted by molar-refractivity contribution is 8.00. The highest BCUT2D eigenvalue weighted by Gasteiger charge is 2.08. The van der Waals surface area contributed by atoms with Gasteiger partial charge in [0.25, 0.3) is 0 Å². The number of aromatic nitrogens is 1. The van der Waals surface area contributed by atoms with Crippen LogP contribution in [-0.4, -0.2) is 28.3 Å². The van der Waals surface area contributed by atoms with Crippen molar-refractivity contribution in [3.63, 3.8) is 0 Å². The van der Waals surface area contributed by atoms with Crippen LogP contribution in [0.5, 0.6) is 0 Å². The van der Waals surface area contributed by atoms with Gasteiger partial charge in [0.05, 0.1) is 16.5 Å². The lowest BCUT2D eigenvalue weighted by molar-refractivity contribution is -0.114. The second-order valence-electron chi connectivity index (χ2n) is 5.48. The molecule has 26 heavy (non-hydrogen) atoms. The average molecular weight is 386 g/mol. The van der Waals surface area contributed by atoms with E-state index in [-0.39, 0.29) is 23.3 Å². The first kappa shape index (κ1) is 18.2. The number of nitrogens with zero attached hydrogens (tertiary/aromatic N) is 1. The maximum Gasteiger partial charge on any atom is 0.235 e. The van der Waals surface area contributed by atoms with Crippen molar-refractivity contribution in [2.24, 2.45) is 0 Å². The van der Waals surface area contributed by atoms with Crippen LogP contribution in [0.25, 0.3) is 10.8 Å².